The molecule has 0 fully saturated rings. The van der Waals surface area contributed by atoms with Crippen molar-refractivity contribution < 1.29 is 14.3 Å². The second kappa shape index (κ2) is 11.3. The van der Waals surface area contributed by atoms with Crippen LogP contribution in [0.2, 0.25) is 0 Å². The SMILES string of the molecule is Cc1ccc(CN(C(=O)COc2ccc(C(C)C)cc2Br)[C@H](C)C(=O)NC(C)C)cc1. The first kappa shape index (κ1) is 24.9. The number of nitrogens with one attached hydrogen (secondary N) is 1. The second-order valence-corrected chi connectivity index (χ2v) is 9.33. The van der Waals surface area contributed by atoms with Gasteiger partial charge in [-0.15, -0.1) is 0 Å². The smallest absolute Gasteiger partial charge is 0.261 e. The van der Waals surface area contributed by atoms with Gasteiger partial charge in [0.1, 0.15) is 11.8 Å². The Kier molecular flexibility index (Phi) is 9.11. The average molecular weight is 489 g/mol. The molecule has 6 heteroatoms. The summed E-state index contributed by atoms with van der Waals surface area (Å²) < 4.78 is 6.62. The third-order valence-electron chi connectivity index (χ3n) is 5.05. The van der Waals surface area contributed by atoms with Gasteiger partial charge in [-0.1, -0.05) is 49.7 Å². The summed E-state index contributed by atoms with van der Waals surface area (Å²) in [6.45, 7) is 12.0. The van der Waals surface area contributed by atoms with Crippen LogP contribution in [0.5, 0.6) is 5.75 Å². The molecule has 1 N–H and O–H groups in total. The van der Waals surface area contributed by atoms with Crippen molar-refractivity contribution in [2.24, 2.45) is 0 Å². The van der Waals surface area contributed by atoms with Crippen LogP contribution in [0.4, 0.5) is 0 Å². The Morgan fingerprint density at radius 1 is 1.03 bits per heavy atom. The van der Waals surface area contributed by atoms with Gasteiger partial charge in [0, 0.05) is 12.6 Å². The van der Waals surface area contributed by atoms with E-state index >= 15 is 0 Å². The fourth-order valence-corrected chi connectivity index (χ4v) is 3.60. The quantitative estimate of drug-likeness (QED) is 0.527. The van der Waals surface area contributed by atoms with E-state index in [1.54, 1.807) is 11.8 Å². The van der Waals surface area contributed by atoms with Gasteiger partial charge in [-0.3, -0.25) is 9.59 Å². The van der Waals surface area contributed by atoms with Crippen molar-refractivity contribution in [3.8, 4) is 5.75 Å². The topological polar surface area (TPSA) is 58.6 Å². The lowest BCUT2D eigenvalue weighted by Crippen LogP contribution is -2.50. The van der Waals surface area contributed by atoms with Gasteiger partial charge in [0.05, 0.1) is 4.47 Å². The molecule has 0 spiro atoms. The van der Waals surface area contributed by atoms with Crippen molar-refractivity contribution in [3.05, 3.63) is 63.6 Å². The highest BCUT2D eigenvalue weighted by Gasteiger charge is 2.27. The Hall–Kier alpha value is -2.34. The minimum atomic E-state index is -0.619. The molecule has 0 aliphatic heterocycles. The molecule has 2 aromatic rings. The number of benzene rings is 2. The van der Waals surface area contributed by atoms with E-state index in [9.17, 15) is 9.59 Å². The number of nitrogens with zero attached hydrogens (tertiary/aromatic N) is 1. The number of hydrogen-bond acceptors (Lipinski definition) is 3. The number of ether oxygens (including phenoxy) is 1. The first-order valence-corrected chi connectivity index (χ1v) is 11.5. The molecule has 0 heterocycles. The van der Waals surface area contributed by atoms with Crippen molar-refractivity contribution >= 4 is 27.7 Å². The molecule has 2 rings (SSSR count). The van der Waals surface area contributed by atoms with E-state index in [2.05, 4.69) is 35.1 Å². The largest absolute Gasteiger partial charge is 0.483 e. The predicted octanol–water partition coefficient (Wildman–Crippen LogP) is 5.20. The maximum atomic E-state index is 13.1. The number of rotatable bonds is 9. The molecule has 0 aromatic heterocycles. The Morgan fingerprint density at radius 2 is 1.68 bits per heavy atom. The number of amides is 2. The number of hydrogen-bond donors (Lipinski definition) is 1. The molecule has 5 nitrogen and oxygen atoms in total. The summed E-state index contributed by atoms with van der Waals surface area (Å²) >= 11 is 3.53. The molecule has 0 aliphatic rings. The third-order valence-corrected chi connectivity index (χ3v) is 5.67. The molecular formula is C25H33BrN2O3. The zero-order valence-corrected chi connectivity index (χ0v) is 20.8. The van der Waals surface area contributed by atoms with Crippen molar-refractivity contribution in [3.63, 3.8) is 0 Å². The van der Waals surface area contributed by atoms with Gasteiger partial charge in [-0.25, -0.2) is 0 Å². The summed E-state index contributed by atoms with van der Waals surface area (Å²) in [7, 11) is 0. The first-order valence-electron chi connectivity index (χ1n) is 10.7. The van der Waals surface area contributed by atoms with E-state index in [4.69, 9.17) is 4.74 Å². The summed E-state index contributed by atoms with van der Waals surface area (Å²) in [5, 5.41) is 2.89. The van der Waals surface area contributed by atoms with Gasteiger partial charge >= 0.3 is 0 Å². The Balaban J connectivity index is 2.16. The van der Waals surface area contributed by atoms with E-state index in [0.29, 0.717) is 18.2 Å². The highest BCUT2D eigenvalue weighted by molar-refractivity contribution is 9.10. The molecule has 0 saturated heterocycles. The van der Waals surface area contributed by atoms with Crippen LogP contribution < -0.4 is 10.1 Å². The molecule has 168 valence electrons. The lowest BCUT2D eigenvalue weighted by Gasteiger charge is -2.29. The minimum absolute atomic E-state index is 0.00189. The van der Waals surface area contributed by atoms with Gasteiger partial charge in [0.2, 0.25) is 5.91 Å². The average Bonchev–Trinajstić information content (AvgIpc) is 2.71. The summed E-state index contributed by atoms with van der Waals surface area (Å²) in [4.78, 5) is 27.3. The van der Waals surface area contributed by atoms with Gasteiger partial charge < -0.3 is 15.0 Å². The molecule has 0 radical (unpaired) electrons. The highest BCUT2D eigenvalue weighted by atomic mass is 79.9. The lowest BCUT2D eigenvalue weighted by molar-refractivity contribution is -0.142. The third kappa shape index (κ3) is 7.39. The van der Waals surface area contributed by atoms with E-state index in [0.717, 1.165) is 15.6 Å². The van der Waals surface area contributed by atoms with Crippen molar-refractivity contribution in [2.75, 3.05) is 6.61 Å². The summed E-state index contributed by atoms with van der Waals surface area (Å²) in [5.74, 6) is 0.578. The Bertz CT molecular complexity index is 894. The first-order chi connectivity index (χ1) is 14.6. The Labute approximate surface area is 194 Å². The van der Waals surface area contributed by atoms with Gasteiger partial charge in [-0.2, -0.15) is 0 Å². The zero-order chi connectivity index (χ0) is 23.1. The molecule has 0 bridgehead atoms. The second-order valence-electron chi connectivity index (χ2n) is 8.48. The van der Waals surface area contributed by atoms with Gasteiger partial charge in [0.25, 0.3) is 5.91 Å². The molecule has 0 saturated carbocycles. The van der Waals surface area contributed by atoms with E-state index < -0.39 is 6.04 Å². The normalized spacial score (nSPS) is 12.0. The lowest BCUT2D eigenvalue weighted by atomic mass is 10.0. The van der Waals surface area contributed by atoms with Crippen LogP contribution in [0.15, 0.2) is 46.9 Å². The fraction of sp³-hybridized carbons (Fsp3) is 0.440. The van der Waals surface area contributed by atoms with Crippen LogP contribution in [0.1, 0.15) is 57.2 Å². The van der Waals surface area contributed by atoms with Crippen LogP contribution in [-0.2, 0) is 16.1 Å². The molecular weight excluding hydrogens is 456 g/mol. The van der Waals surface area contributed by atoms with Crippen LogP contribution in [0, 0.1) is 6.92 Å². The van der Waals surface area contributed by atoms with Crippen molar-refractivity contribution in [2.45, 2.75) is 66.1 Å². The van der Waals surface area contributed by atoms with Crippen molar-refractivity contribution in [1.29, 1.82) is 0 Å². The number of carbonyl (C=O) groups excluding carboxylic acids is 2. The minimum Gasteiger partial charge on any atom is -0.483 e. The molecule has 2 amide bonds. The standard InChI is InChI=1S/C25H33BrN2O3/c1-16(2)21-11-12-23(22(26)13-21)31-15-24(29)28(19(6)25(30)27-17(3)4)14-20-9-7-18(5)8-10-20/h7-13,16-17,19H,14-15H2,1-6H3,(H,27,30)/t19-/m1/s1. The maximum absolute atomic E-state index is 13.1. The van der Waals surface area contributed by atoms with Crippen LogP contribution in [0.25, 0.3) is 0 Å². The molecule has 0 aliphatic carbocycles. The number of halogens is 1. The van der Waals surface area contributed by atoms with Gasteiger partial charge in [0.15, 0.2) is 6.61 Å². The molecule has 1 atom stereocenters. The van der Waals surface area contributed by atoms with Gasteiger partial charge in [-0.05, 0) is 72.8 Å². The monoisotopic (exact) mass is 488 g/mol. The highest BCUT2D eigenvalue weighted by Crippen LogP contribution is 2.29. The predicted molar refractivity (Wildman–Crippen MR) is 128 cm³/mol. The molecule has 0 unspecified atom stereocenters. The maximum Gasteiger partial charge on any atom is 0.261 e. The van der Waals surface area contributed by atoms with Crippen LogP contribution in [-0.4, -0.2) is 35.4 Å². The van der Waals surface area contributed by atoms with Crippen LogP contribution in [0.3, 0.4) is 0 Å². The Morgan fingerprint density at radius 3 is 2.23 bits per heavy atom. The van der Waals surface area contributed by atoms with Crippen LogP contribution >= 0.6 is 15.9 Å². The summed E-state index contributed by atoms with van der Waals surface area (Å²) in [6, 6.07) is 13.2. The summed E-state index contributed by atoms with van der Waals surface area (Å²) in [5.41, 5.74) is 3.29. The fourth-order valence-electron chi connectivity index (χ4n) is 3.09. The summed E-state index contributed by atoms with van der Waals surface area (Å²) in [6.07, 6.45) is 0. The zero-order valence-electron chi connectivity index (χ0n) is 19.2. The molecule has 2 aromatic carbocycles. The van der Waals surface area contributed by atoms with E-state index in [1.165, 1.54) is 5.56 Å². The van der Waals surface area contributed by atoms with E-state index in [1.807, 2.05) is 63.2 Å². The number of carbonyl (C=O) groups is 2. The van der Waals surface area contributed by atoms with E-state index in [-0.39, 0.29) is 24.5 Å². The molecule has 31 heavy (non-hydrogen) atoms. The number of aryl methyl sites for hydroxylation is 1. The van der Waals surface area contributed by atoms with Crippen molar-refractivity contribution in [1.82, 2.24) is 10.2 Å².